The van der Waals surface area contributed by atoms with Crippen LogP contribution in [-0.4, -0.2) is 11.8 Å². The highest BCUT2D eigenvalue weighted by molar-refractivity contribution is 7.99. The van der Waals surface area contributed by atoms with Gasteiger partial charge in [0.05, 0.1) is 0 Å². The molecule has 1 unspecified atom stereocenters. The molecule has 1 heterocycles. The van der Waals surface area contributed by atoms with Gasteiger partial charge in [0.2, 0.25) is 0 Å². The van der Waals surface area contributed by atoms with Gasteiger partial charge in [0, 0.05) is 22.0 Å². The normalized spacial score (nSPS) is 25.3. The zero-order valence-corrected chi connectivity index (χ0v) is 13.1. The van der Waals surface area contributed by atoms with E-state index in [9.17, 15) is 0 Å². The highest BCUT2D eigenvalue weighted by atomic mass is 35.5. The monoisotopic (exact) mass is 295 g/mol. The van der Waals surface area contributed by atoms with Crippen LogP contribution >= 0.6 is 23.4 Å². The van der Waals surface area contributed by atoms with Crippen LogP contribution in [0.1, 0.15) is 50.6 Å². The first kappa shape index (κ1) is 13.8. The third-order valence-corrected chi connectivity index (χ3v) is 5.94. The van der Waals surface area contributed by atoms with Crippen molar-refractivity contribution in [3.05, 3.63) is 28.8 Å². The first-order valence-electron chi connectivity index (χ1n) is 7.42. The Bertz CT molecular complexity index is 442. The van der Waals surface area contributed by atoms with Crippen molar-refractivity contribution in [2.45, 2.75) is 56.0 Å². The van der Waals surface area contributed by atoms with Crippen molar-refractivity contribution in [2.75, 3.05) is 5.75 Å². The van der Waals surface area contributed by atoms with E-state index in [4.69, 9.17) is 11.6 Å². The second kappa shape index (κ2) is 6.07. The fraction of sp³-hybridized carbons (Fsp3) is 0.625. The molecule has 104 valence electrons. The highest BCUT2D eigenvalue weighted by Crippen LogP contribution is 2.38. The Morgan fingerprint density at radius 2 is 2.05 bits per heavy atom. The van der Waals surface area contributed by atoms with E-state index in [2.05, 4.69) is 24.4 Å². The molecule has 1 fully saturated rings. The van der Waals surface area contributed by atoms with Gasteiger partial charge >= 0.3 is 0 Å². The summed E-state index contributed by atoms with van der Waals surface area (Å²) in [6.07, 6.45) is 6.85. The Balaban J connectivity index is 1.73. The number of thioether (sulfide) groups is 1. The molecule has 1 N–H and O–H groups in total. The van der Waals surface area contributed by atoms with E-state index in [0.29, 0.717) is 12.1 Å². The smallest absolute Gasteiger partial charge is 0.0410 e. The van der Waals surface area contributed by atoms with Crippen molar-refractivity contribution >= 4 is 23.4 Å². The molecule has 2 atom stereocenters. The van der Waals surface area contributed by atoms with Gasteiger partial charge in [-0.15, -0.1) is 11.8 Å². The lowest BCUT2D eigenvalue weighted by Gasteiger charge is -2.31. The number of nitrogens with one attached hydrogen (secondary N) is 1. The maximum atomic E-state index is 6.17. The second-order valence-corrected chi connectivity index (χ2v) is 7.44. The van der Waals surface area contributed by atoms with Gasteiger partial charge in [-0.1, -0.05) is 24.4 Å². The average molecular weight is 296 g/mol. The zero-order chi connectivity index (χ0) is 13.2. The molecule has 0 bridgehead atoms. The summed E-state index contributed by atoms with van der Waals surface area (Å²) in [4.78, 5) is 1.41. The van der Waals surface area contributed by atoms with E-state index in [1.807, 2.05) is 17.8 Å². The van der Waals surface area contributed by atoms with Gasteiger partial charge in [-0.25, -0.2) is 0 Å². The molecule has 1 aliphatic heterocycles. The standard InChI is InChI=1S/C16H22ClNS/c1-11(12-4-2-3-5-12)18-15-8-9-19-16-7-6-13(17)10-14(15)16/h6-7,10-12,15,18H,2-5,8-9H2,1H3/t11-,15?/m1/s1. The van der Waals surface area contributed by atoms with Crippen LogP contribution in [0.2, 0.25) is 5.02 Å². The van der Waals surface area contributed by atoms with Crippen molar-refractivity contribution in [3.63, 3.8) is 0 Å². The van der Waals surface area contributed by atoms with Crippen LogP contribution in [0, 0.1) is 5.92 Å². The molecule has 1 nitrogen and oxygen atoms in total. The van der Waals surface area contributed by atoms with Gasteiger partial charge in [0.25, 0.3) is 0 Å². The molecule has 0 spiro atoms. The summed E-state index contributed by atoms with van der Waals surface area (Å²) < 4.78 is 0. The Kier molecular flexibility index (Phi) is 4.40. The number of hydrogen-bond acceptors (Lipinski definition) is 2. The van der Waals surface area contributed by atoms with Crippen LogP contribution in [0.25, 0.3) is 0 Å². The number of hydrogen-bond donors (Lipinski definition) is 1. The lowest BCUT2D eigenvalue weighted by atomic mass is 9.96. The molecule has 1 aromatic carbocycles. The number of rotatable bonds is 3. The molecule has 0 amide bonds. The second-order valence-electron chi connectivity index (χ2n) is 5.87. The topological polar surface area (TPSA) is 12.0 Å². The van der Waals surface area contributed by atoms with E-state index < -0.39 is 0 Å². The van der Waals surface area contributed by atoms with Crippen LogP contribution in [-0.2, 0) is 0 Å². The third kappa shape index (κ3) is 3.12. The van der Waals surface area contributed by atoms with Gasteiger partial charge < -0.3 is 5.32 Å². The maximum Gasteiger partial charge on any atom is 0.0410 e. The van der Waals surface area contributed by atoms with E-state index in [0.717, 1.165) is 10.9 Å². The van der Waals surface area contributed by atoms with Crippen LogP contribution in [0.3, 0.4) is 0 Å². The SMILES string of the molecule is C[C@@H](NC1CCSc2ccc(Cl)cc21)C1CCCC1. The molecule has 1 saturated carbocycles. The summed E-state index contributed by atoms with van der Waals surface area (Å²) in [5.41, 5.74) is 1.41. The first-order chi connectivity index (χ1) is 9.24. The number of halogens is 1. The molecule has 1 aromatic rings. The average Bonchev–Trinajstić information content (AvgIpc) is 2.93. The summed E-state index contributed by atoms with van der Waals surface area (Å²) in [5.74, 6) is 2.08. The lowest BCUT2D eigenvalue weighted by Crippen LogP contribution is -2.36. The molecular formula is C16H22ClNS. The summed E-state index contributed by atoms with van der Waals surface area (Å²) >= 11 is 8.13. The predicted octanol–water partition coefficient (Wildman–Crippen LogP) is 5.05. The molecular weight excluding hydrogens is 274 g/mol. The number of benzene rings is 1. The first-order valence-corrected chi connectivity index (χ1v) is 8.78. The minimum absolute atomic E-state index is 0.491. The predicted molar refractivity (Wildman–Crippen MR) is 84.1 cm³/mol. The Hall–Kier alpha value is -0.180. The molecule has 1 aliphatic carbocycles. The quantitative estimate of drug-likeness (QED) is 0.838. The highest BCUT2D eigenvalue weighted by Gasteiger charge is 2.27. The summed E-state index contributed by atoms with van der Waals surface area (Å²) in [6.45, 7) is 2.36. The van der Waals surface area contributed by atoms with Gasteiger partial charge in [-0.3, -0.25) is 0 Å². The molecule has 0 aromatic heterocycles. The minimum atomic E-state index is 0.491. The summed E-state index contributed by atoms with van der Waals surface area (Å²) in [6, 6.07) is 7.46. The summed E-state index contributed by atoms with van der Waals surface area (Å²) in [7, 11) is 0. The Morgan fingerprint density at radius 1 is 1.26 bits per heavy atom. The molecule has 3 rings (SSSR count). The van der Waals surface area contributed by atoms with Crippen LogP contribution in [0.15, 0.2) is 23.1 Å². The van der Waals surface area contributed by atoms with Gasteiger partial charge in [0.1, 0.15) is 0 Å². The molecule has 0 radical (unpaired) electrons. The van der Waals surface area contributed by atoms with Crippen LogP contribution < -0.4 is 5.32 Å². The zero-order valence-electron chi connectivity index (χ0n) is 11.5. The van der Waals surface area contributed by atoms with Gasteiger partial charge in [0.15, 0.2) is 0 Å². The number of fused-ring (bicyclic) bond motifs is 1. The maximum absolute atomic E-state index is 6.17. The van der Waals surface area contributed by atoms with Crippen LogP contribution in [0.4, 0.5) is 0 Å². The lowest BCUT2D eigenvalue weighted by molar-refractivity contribution is 0.336. The molecule has 0 saturated heterocycles. The van der Waals surface area contributed by atoms with Crippen molar-refractivity contribution in [2.24, 2.45) is 5.92 Å². The largest absolute Gasteiger partial charge is 0.307 e. The van der Waals surface area contributed by atoms with E-state index in [-0.39, 0.29) is 0 Å². The van der Waals surface area contributed by atoms with E-state index >= 15 is 0 Å². The fourth-order valence-electron chi connectivity index (χ4n) is 3.45. The fourth-order valence-corrected chi connectivity index (χ4v) is 4.74. The molecule has 2 aliphatic rings. The molecule has 19 heavy (non-hydrogen) atoms. The van der Waals surface area contributed by atoms with E-state index in [1.54, 1.807) is 0 Å². The van der Waals surface area contributed by atoms with Crippen molar-refractivity contribution in [3.8, 4) is 0 Å². The van der Waals surface area contributed by atoms with E-state index in [1.165, 1.54) is 48.3 Å². The van der Waals surface area contributed by atoms with Gasteiger partial charge in [-0.2, -0.15) is 0 Å². The molecule has 3 heteroatoms. The Labute approximate surface area is 125 Å². The van der Waals surface area contributed by atoms with Crippen molar-refractivity contribution in [1.29, 1.82) is 0 Å². The van der Waals surface area contributed by atoms with Crippen molar-refractivity contribution < 1.29 is 0 Å². The third-order valence-electron chi connectivity index (χ3n) is 4.58. The van der Waals surface area contributed by atoms with Gasteiger partial charge in [-0.05, 0) is 61.6 Å². The minimum Gasteiger partial charge on any atom is -0.307 e. The van der Waals surface area contributed by atoms with Crippen molar-refractivity contribution in [1.82, 2.24) is 5.32 Å². The summed E-state index contributed by atoms with van der Waals surface area (Å²) in [5, 5.41) is 4.73. The Morgan fingerprint density at radius 3 is 2.84 bits per heavy atom. The van der Waals surface area contributed by atoms with Crippen LogP contribution in [0.5, 0.6) is 0 Å².